The van der Waals surface area contributed by atoms with Gasteiger partial charge in [0.15, 0.2) is 0 Å². The molecule has 0 amide bonds. The molecule has 1 atom stereocenters. The Morgan fingerprint density at radius 3 is 2.67 bits per heavy atom. The molecule has 0 saturated heterocycles. The van der Waals surface area contributed by atoms with Crippen LogP contribution in [0.4, 0.5) is 5.69 Å². The SMILES string of the molecule is COc1ccc2c(c1)SC(c1ccc(O)cc1)N2. The van der Waals surface area contributed by atoms with Crippen LogP contribution in [0.2, 0.25) is 0 Å². The van der Waals surface area contributed by atoms with Crippen LogP contribution in [-0.4, -0.2) is 12.2 Å². The number of fused-ring (bicyclic) bond motifs is 1. The van der Waals surface area contributed by atoms with E-state index in [0.29, 0.717) is 5.75 Å². The highest BCUT2D eigenvalue weighted by Crippen LogP contribution is 2.47. The summed E-state index contributed by atoms with van der Waals surface area (Å²) >= 11 is 1.75. The predicted octanol–water partition coefficient (Wildman–Crippen LogP) is 3.62. The normalized spacial score (nSPS) is 17.1. The molecule has 92 valence electrons. The van der Waals surface area contributed by atoms with Crippen molar-refractivity contribution in [1.82, 2.24) is 0 Å². The van der Waals surface area contributed by atoms with E-state index in [2.05, 4.69) is 5.32 Å². The van der Waals surface area contributed by atoms with Gasteiger partial charge in [0.05, 0.1) is 7.11 Å². The van der Waals surface area contributed by atoms with E-state index in [1.807, 2.05) is 30.3 Å². The smallest absolute Gasteiger partial charge is 0.120 e. The van der Waals surface area contributed by atoms with Crippen molar-refractivity contribution in [2.24, 2.45) is 0 Å². The zero-order valence-corrected chi connectivity index (χ0v) is 10.7. The van der Waals surface area contributed by atoms with Crippen LogP contribution in [0, 0.1) is 0 Å². The second-order valence-electron chi connectivity index (χ2n) is 4.10. The van der Waals surface area contributed by atoms with Gasteiger partial charge < -0.3 is 15.2 Å². The molecule has 3 rings (SSSR count). The third-order valence-electron chi connectivity index (χ3n) is 2.92. The number of anilines is 1. The van der Waals surface area contributed by atoms with Crippen LogP contribution in [-0.2, 0) is 0 Å². The molecule has 0 fully saturated rings. The minimum Gasteiger partial charge on any atom is -0.508 e. The zero-order chi connectivity index (χ0) is 12.5. The Hall–Kier alpha value is -1.81. The fourth-order valence-electron chi connectivity index (χ4n) is 1.94. The number of hydrogen-bond donors (Lipinski definition) is 2. The number of ether oxygens (including phenoxy) is 1. The van der Waals surface area contributed by atoms with Crippen molar-refractivity contribution in [3.63, 3.8) is 0 Å². The highest BCUT2D eigenvalue weighted by Gasteiger charge is 2.23. The van der Waals surface area contributed by atoms with E-state index < -0.39 is 0 Å². The van der Waals surface area contributed by atoms with Crippen molar-refractivity contribution in [2.75, 3.05) is 12.4 Å². The monoisotopic (exact) mass is 259 g/mol. The number of benzene rings is 2. The summed E-state index contributed by atoms with van der Waals surface area (Å²) in [4.78, 5) is 1.19. The largest absolute Gasteiger partial charge is 0.508 e. The molecule has 2 aromatic carbocycles. The molecule has 1 unspecified atom stereocenters. The molecule has 0 aliphatic carbocycles. The van der Waals surface area contributed by atoms with E-state index in [4.69, 9.17) is 4.74 Å². The molecule has 1 aliphatic heterocycles. The summed E-state index contributed by atoms with van der Waals surface area (Å²) in [6.45, 7) is 0. The fraction of sp³-hybridized carbons (Fsp3) is 0.143. The van der Waals surface area contributed by atoms with Crippen LogP contribution >= 0.6 is 11.8 Å². The van der Waals surface area contributed by atoms with Crippen LogP contribution in [0.1, 0.15) is 10.9 Å². The van der Waals surface area contributed by atoms with Gasteiger partial charge in [-0.2, -0.15) is 0 Å². The number of nitrogens with one attached hydrogen (secondary N) is 1. The van der Waals surface area contributed by atoms with Gasteiger partial charge in [-0.15, -0.1) is 0 Å². The van der Waals surface area contributed by atoms with Gasteiger partial charge in [0.25, 0.3) is 0 Å². The topological polar surface area (TPSA) is 41.5 Å². The first-order valence-electron chi connectivity index (χ1n) is 5.66. The maximum atomic E-state index is 9.30. The molecule has 4 heteroatoms. The minimum absolute atomic E-state index is 0.188. The number of methoxy groups -OCH3 is 1. The third-order valence-corrected chi connectivity index (χ3v) is 4.13. The minimum atomic E-state index is 0.188. The van der Waals surface area contributed by atoms with Crippen molar-refractivity contribution >= 4 is 17.4 Å². The lowest BCUT2D eigenvalue weighted by molar-refractivity contribution is 0.414. The number of aromatic hydroxyl groups is 1. The zero-order valence-electron chi connectivity index (χ0n) is 9.88. The summed E-state index contributed by atoms with van der Waals surface area (Å²) in [7, 11) is 1.67. The quantitative estimate of drug-likeness (QED) is 0.864. The van der Waals surface area contributed by atoms with E-state index in [-0.39, 0.29) is 5.37 Å². The van der Waals surface area contributed by atoms with Gasteiger partial charge in [-0.25, -0.2) is 0 Å². The van der Waals surface area contributed by atoms with Gasteiger partial charge in [0.1, 0.15) is 16.9 Å². The number of rotatable bonds is 2. The second-order valence-corrected chi connectivity index (χ2v) is 5.24. The highest BCUT2D eigenvalue weighted by atomic mass is 32.2. The molecule has 0 radical (unpaired) electrons. The van der Waals surface area contributed by atoms with Crippen molar-refractivity contribution in [2.45, 2.75) is 10.3 Å². The van der Waals surface area contributed by atoms with Crippen molar-refractivity contribution < 1.29 is 9.84 Å². The van der Waals surface area contributed by atoms with Crippen LogP contribution in [0.5, 0.6) is 11.5 Å². The van der Waals surface area contributed by atoms with E-state index in [9.17, 15) is 5.11 Å². The Morgan fingerprint density at radius 1 is 1.17 bits per heavy atom. The van der Waals surface area contributed by atoms with E-state index in [1.54, 1.807) is 31.0 Å². The van der Waals surface area contributed by atoms with Gasteiger partial charge in [-0.1, -0.05) is 23.9 Å². The Morgan fingerprint density at radius 2 is 1.94 bits per heavy atom. The average molecular weight is 259 g/mol. The third kappa shape index (κ3) is 1.99. The molecule has 18 heavy (non-hydrogen) atoms. The fourth-order valence-corrected chi connectivity index (χ4v) is 3.12. The summed E-state index contributed by atoms with van der Waals surface area (Å²) in [5.41, 5.74) is 2.27. The number of phenolic OH excluding ortho intramolecular Hbond substituents is 1. The maximum absolute atomic E-state index is 9.30. The molecule has 0 saturated carbocycles. The van der Waals surface area contributed by atoms with Gasteiger partial charge in [0, 0.05) is 10.6 Å². The molecular formula is C14H13NO2S. The highest BCUT2D eigenvalue weighted by molar-refractivity contribution is 8.00. The standard InChI is InChI=1S/C14H13NO2S/c1-17-11-6-7-12-13(8-11)18-14(15-12)9-2-4-10(16)5-3-9/h2-8,14-16H,1H3. The Labute approximate surface area is 110 Å². The van der Waals surface area contributed by atoms with Crippen LogP contribution in [0.15, 0.2) is 47.4 Å². The summed E-state index contributed by atoms with van der Waals surface area (Å²) in [5, 5.41) is 12.9. The van der Waals surface area contributed by atoms with Crippen LogP contribution < -0.4 is 10.1 Å². The average Bonchev–Trinajstić information content (AvgIpc) is 2.82. The summed E-state index contributed by atoms with van der Waals surface area (Å²) < 4.78 is 5.22. The summed E-state index contributed by atoms with van der Waals surface area (Å²) in [6, 6.07) is 13.3. The molecule has 0 bridgehead atoms. The molecule has 1 heterocycles. The molecule has 3 nitrogen and oxygen atoms in total. The molecule has 0 aromatic heterocycles. The summed E-state index contributed by atoms with van der Waals surface area (Å²) in [6.07, 6.45) is 0. The molecule has 2 N–H and O–H groups in total. The first-order valence-corrected chi connectivity index (χ1v) is 6.54. The first kappa shape index (κ1) is 11.3. The van der Waals surface area contributed by atoms with Crippen molar-refractivity contribution in [3.8, 4) is 11.5 Å². The van der Waals surface area contributed by atoms with E-state index >= 15 is 0 Å². The van der Waals surface area contributed by atoms with Crippen molar-refractivity contribution in [1.29, 1.82) is 0 Å². The number of phenols is 1. The maximum Gasteiger partial charge on any atom is 0.120 e. The molecule has 2 aromatic rings. The van der Waals surface area contributed by atoms with Gasteiger partial charge in [-0.3, -0.25) is 0 Å². The lowest BCUT2D eigenvalue weighted by Gasteiger charge is -2.10. The lowest BCUT2D eigenvalue weighted by Crippen LogP contribution is -2.00. The Kier molecular flexibility index (Phi) is 2.80. The second kappa shape index (κ2) is 4.46. The van der Waals surface area contributed by atoms with E-state index in [0.717, 1.165) is 17.0 Å². The van der Waals surface area contributed by atoms with Crippen LogP contribution in [0.3, 0.4) is 0 Å². The Balaban J connectivity index is 1.86. The molecule has 0 spiro atoms. The molecular weight excluding hydrogens is 246 g/mol. The molecule has 1 aliphatic rings. The number of thioether (sulfide) groups is 1. The van der Waals surface area contributed by atoms with E-state index in [1.165, 1.54) is 4.90 Å². The van der Waals surface area contributed by atoms with Crippen LogP contribution in [0.25, 0.3) is 0 Å². The number of hydrogen-bond acceptors (Lipinski definition) is 4. The van der Waals surface area contributed by atoms with Gasteiger partial charge in [-0.05, 0) is 35.9 Å². The summed E-state index contributed by atoms with van der Waals surface area (Å²) in [5.74, 6) is 1.16. The van der Waals surface area contributed by atoms with Gasteiger partial charge in [0.2, 0.25) is 0 Å². The first-order chi connectivity index (χ1) is 8.76. The lowest BCUT2D eigenvalue weighted by atomic mass is 10.2. The predicted molar refractivity (Wildman–Crippen MR) is 73.3 cm³/mol. The Bertz CT molecular complexity index is 569. The van der Waals surface area contributed by atoms with Crippen molar-refractivity contribution in [3.05, 3.63) is 48.0 Å². The van der Waals surface area contributed by atoms with Gasteiger partial charge >= 0.3 is 0 Å².